The van der Waals surface area contributed by atoms with Gasteiger partial charge in [-0.3, -0.25) is 10.7 Å². The Morgan fingerprint density at radius 2 is 1.57 bits per heavy atom. The molecule has 1 aromatic rings. The number of carboxylic acids is 1. The monoisotopic (exact) mass is 395 g/mol. The van der Waals surface area contributed by atoms with Crippen LogP contribution in [0.4, 0.5) is 15.3 Å². The molecule has 2 amide bonds. The Kier molecular flexibility index (Phi) is 6.62. The number of nitrogens with zero attached hydrogens (tertiary/aromatic N) is 1. The third kappa shape index (κ3) is 6.78. The summed E-state index contributed by atoms with van der Waals surface area (Å²) in [7, 11) is 0. The van der Waals surface area contributed by atoms with Crippen LogP contribution in [-0.4, -0.2) is 45.5 Å². The van der Waals surface area contributed by atoms with Gasteiger partial charge in [0.05, 0.1) is 11.3 Å². The minimum Gasteiger partial charge on any atom is -0.506 e. The number of hydrogen-bond acceptors (Lipinski definition) is 7. The molecule has 0 spiro atoms. The second-order valence-corrected chi connectivity index (χ2v) is 7.80. The second kappa shape index (κ2) is 8.15. The van der Waals surface area contributed by atoms with Crippen LogP contribution >= 0.6 is 0 Å². The Morgan fingerprint density at radius 1 is 1.04 bits per heavy atom. The van der Waals surface area contributed by atoms with Crippen LogP contribution in [0, 0.1) is 5.41 Å². The van der Waals surface area contributed by atoms with Gasteiger partial charge in [0.1, 0.15) is 17.0 Å². The molecule has 0 atom stereocenters. The van der Waals surface area contributed by atoms with Crippen molar-refractivity contribution >= 4 is 29.8 Å². The molecule has 0 aliphatic carbocycles. The van der Waals surface area contributed by atoms with Crippen molar-refractivity contribution in [1.29, 1.82) is 5.41 Å². The van der Waals surface area contributed by atoms with Gasteiger partial charge in [0.25, 0.3) is 0 Å². The maximum atomic E-state index is 12.6. The third-order valence-electron chi connectivity index (χ3n) is 2.88. The van der Waals surface area contributed by atoms with E-state index in [1.807, 2.05) is 0 Å². The molecule has 0 fully saturated rings. The summed E-state index contributed by atoms with van der Waals surface area (Å²) < 4.78 is 10.2. The van der Waals surface area contributed by atoms with Gasteiger partial charge in [0.15, 0.2) is 0 Å². The van der Waals surface area contributed by atoms with E-state index in [4.69, 9.17) is 20.0 Å². The fourth-order valence-corrected chi connectivity index (χ4v) is 1.91. The van der Waals surface area contributed by atoms with Gasteiger partial charge in [-0.05, 0) is 59.7 Å². The molecule has 1 rings (SSSR count). The molecule has 154 valence electrons. The molecule has 0 saturated heterocycles. The molecule has 0 heterocycles. The van der Waals surface area contributed by atoms with E-state index in [1.54, 1.807) is 41.5 Å². The summed E-state index contributed by atoms with van der Waals surface area (Å²) >= 11 is 0. The number of anilines is 1. The maximum absolute atomic E-state index is 12.6. The van der Waals surface area contributed by atoms with Gasteiger partial charge in [-0.15, -0.1) is 0 Å². The lowest BCUT2D eigenvalue weighted by atomic mass is 10.1. The van der Waals surface area contributed by atoms with Crippen LogP contribution in [0.15, 0.2) is 18.2 Å². The van der Waals surface area contributed by atoms with Crippen LogP contribution in [0.1, 0.15) is 51.9 Å². The van der Waals surface area contributed by atoms with E-state index in [1.165, 1.54) is 0 Å². The summed E-state index contributed by atoms with van der Waals surface area (Å²) in [6, 6.07) is 3.16. The van der Waals surface area contributed by atoms with Crippen molar-refractivity contribution in [2.45, 2.75) is 52.7 Å². The van der Waals surface area contributed by atoms with Crippen LogP contribution in [0.5, 0.6) is 5.75 Å². The second-order valence-electron chi connectivity index (χ2n) is 7.80. The average Bonchev–Trinajstić information content (AvgIpc) is 2.44. The first-order valence-corrected chi connectivity index (χ1v) is 8.28. The van der Waals surface area contributed by atoms with Crippen molar-refractivity contribution in [2.24, 2.45) is 0 Å². The number of carbonyl (C=O) groups is 3. The molecule has 0 saturated carbocycles. The van der Waals surface area contributed by atoms with E-state index < -0.39 is 41.1 Å². The summed E-state index contributed by atoms with van der Waals surface area (Å²) in [5.41, 5.74) is -2.41. The number of benzene rings is 1. The van der Waals surface area contributed by atoms with Gasteiger partial charge in [-0.25, -0.2) is 19.3 Å². The Hall–Kier alpha value is -3.30. The largest absolute Gasteiger partial charge is 0.506 e. The van der Waals surface area contributed by atoms with Crippen molar-refractivity contribution in [2.75, 3.05) is 4.90 Å². The van der Waals surface area contributed by atoms with Crippen LogP contribution < -0.4 is 10.2 Å². The number of ether oxygens (including phenoxy) is 2. The number of phenols is 1. The average molecular weight is 395 g/mol. The first kappa shape index (κ1) is 22.7. The number of rotatable bonds is 2. The predicted molar refractivity (Wildman–Crippen MR) is 101 cm³/mol. The number of alkyl carbamates (subject to hydrolysis) is 1. The molecule has 0 bridgehead atoms. The topological polar surface area (TPSA) is 149 Å². The van der Waals surface area contributed by atoms with Crippen molar-refractivity contribution in [3.05, 3.63) is 23.8 Å². The minimum absolute atomic E-state index is 0.244. The van der Waals surface area contributed by atoms with Gasteiger partial charge < -0.3 is 19.7 Å². The molecule has 0 unspecified atom stereocenters. The van der Waals surface area contributed by atoms with E-state index in [9.17, 15) is 19.5 Å². The normalized spacial score (nSPS) is 11.4. The van der Waals surface area contributed by atoms with Gasteiger partial charge >= 0.3 is 18.2 Å². The quantitative estimate of drug-likeness (QED) is 0.443. The van der Waals surface area contributed by atoms with Crippen molar-refractivity contribution < 1.29 is 34.1 Å². The van der Waals surface area contributed by atoms with Crippen LogP contribution in [0.25, 0.3) is 0 Å². The number of amides is 2. The highest BCUT2D eigenvalue weighted by atomic mass is 16.6. The zero-order valence-electron chi connectivity index (χ0n) is 16.6. The summed E-state index contributed by atoms with van der Waals surface area (Å²) in [5.74, 6) is -2.59. The van der Waals surface area contributed by atoms with Crippen molar-refractivity contribution in [3.63, 3.8) is 0 Å². The summed E-state index contributed by atoms with van der Waals surface area (Å²) in [5, 5.41) is 29.4. The standard InChI is InChI=1S/C18H25N3O7/c1-17(2,3)27-15(25)20-14(19)21(16(26)28-18(4,5)6)11-9-10(13(23)24)7-8-12(11)22/h7-9,22H,1-6H3,(H,23,24)(H2,19,20,25). The number of aromatic carboxylic acids is 1. The number of guanidine groups is 1. The Balaban J connectivity index is 3.32. The number of aromatic hydroxyl groups is 1. The van der Waals surface area contributed by atoms with Crippen LogP contribution in [-0.2, 0) is 9.47 Å². The Labute approximate surface area is 162 Å². The molecule has 0 aliphatic rings. The zero-order valence-corrected chi connectivity index (χ0v) is 16.6. The van der Waals surface area contributed by atoms with Crippen LogP contribution in [0.3, 0.4) is 0 Å². The fraction of sp³-hybridized carbons (Fsp3) is 0.444. The van der Waals surface area contributed by atoms with E-state index >= 15 is 0 Å². The molecule has 0 aliphatic heterocycles. The SMILES string of the molecule is CC(C)(C)OC(=O)NC(=N)N(C(=O)OC(C)(C)C)c1cc(C(=O)O)ccc1O. The summed E-state index contributed by atoms with van der Waals surface area (Å²) in [4.78, 5) is 36.3. The van der Waals surface area contributed by atoms with Crippen molar-refractivity contribution in [3.8, 4) is 5.75 Å². The predicted octanol–water partition coefficient (Wildman–Crippen LogP) is 3.29. The highest BCUT2D eigenvalue weighted by Crippen LogP contribution is 2.30. The molecule has 10 heteroatoms. The molecule has 10 nitrogen and oxygen atoms in total. The first-order valence-electron chi connectivity index (χ1n) is 8.28. The van der Waals surface area contributed by atoms with E-state index in [-0.39, 0.29) is 11.3 Å². The van der Waals surface area contributed by atoms with Crippen molar-refractivity contribution in [1.82, 2.24) is 5.32 Å². The Morgan fingerprint density at radius 3 is 2.04 bits per heavy atom. The first-order chi connectivity index (χ1) is 12.6. The van der Waals surface area contributed by atoms with Crippen LogP contribution in [0.2, 0.25) is 0 Å². The van der Waals surface area contributed by atoms with E-state index in [0.29, 0.717) is 4.90 Å². The van der Waals surface area contributed by atoms with Gasteiger partial charge in [-0.2, -0.15) is 0 Å². The number of nitrogens with one attached hydrogen (secondary N) is 2. The lowest BCUT2D eigenvalue weighted by Crippen LogP contribution is -2.49. The maximum Gasteiger partial charge on any atom is 0.421 e. The lowest BCUT2D eigenvalue weighted by Gasteiger charge is -2.28. The zero-order chi connectivity index (χ0) is 21.9. The number of phenolic OH excluding ortho intramolecular Hbond substituents is 1. The van der Waals surface area contributed by atoms with Gasteiger partial charge in [-0.1, -0.05) is 0 Å². The fourth-order valence-electron chi connectivity index (χ4n) is 1.91. The van der Waals surface area contributed by atoms with E-state index in [2.05, 4.69) is 5.32 Å². The van der Waals surface area contributed by atoms with Gasteiger partial charge in [0.2, 0.25) is 5.96 Å². The highest BCUT2D eigenvalue weighted by Gasteiger charge is 2.31. The molecule has 1 aromatic carbocycles. The summed E-state index contributed by atoms with van der Waals surface area (Å²) in [6.07, 6.45) is -2.12. The summed E-state index contributed by atoms with van der Waals surface area (Å²) in [6.45, 7) is 9.60. The number of hydrogen-bond donors (Lipinski definition) is 4. The molecule has 0 radical (unpaired) electrons. The number of carbonyl (C=O) groups excluding carboxylic acids is 2. The molecular weight excluding hydrogens is 370 g/mol. The lowest BCUT2D eigenvalue weighted by molar-refractivity contribution is 0.0557. The molecular formula is C18H25N3O7. The third-order valence-corrected chi connectivity index (χ3v) is 2.88. The number of carboxylic acid groups (broad SMARTS) is 1. The molecule has 28 heavy (non-hydrogen) atoms. The Bertz CT molecular complexity index is 791. The minimum atomic E-state index is -1.31. The molecule has 4 N–H and O–H groups in total. The highest BCUT2D eigenvalue weighted by molar-refractivity contribution is 6.17. The molecule has 0 aromatic heterocycles. The van der Waals surface area contributed by atoms with E-state index in [0.717, 1.165) is 18.2 Å². The smallest absolute Gasteiger partial charge is 0.421 e. The van der Waals surface area contributed by atoms with Gasteiger partial charge in [0, 0.05) is 0 Å².